The molecule has 0 amide bonds. The van der Waals surface area contributed by atoms with Gasteiger partial charge in [-0.2, -0.15) is 0 Å². The van der Waals surface area contributed by atoms with Gasteiger partial charge < -0.3 is 45.3 Å². The molecule has 322 valence electrons. The van der Waals surface area contributed by atoms with Crippen LogP contribution in [-0.4, -0.2) is 83.7 Å². The van der Waals surface area contributed by atoms with Crippen molar-refractivity contribution in [3.8, 4) is 0 Å². The molecule has 9 N–H and O–H groups in total. The molecule has 11 nitrogen and oxygen atoms in total. The minimum absolute atomic E-state index is 0.345. The van der Waals surface area contributed by atoms with Gasteiger partial charge in [-0.05, 0) is 12.8 Å². The van der Waals surface area contributed by atoms with Gasteiger partial charge in [-0.1, -0.05) is 194 Å². The molecule has 0 fully saturated rings. The third-order valence-corrected chi connectivity index (χ3v) is 9.33. The summed E-state index contributed by atoms with van der Waals surface area (Å²) in [6, 6.07) is 0. The van der Waals surface area contributed by atoms with Crippen LogP contribution < -0.4 is 0 Å². The number of carboxylic acid groups (broad SMARTS) is 2. The van der Waals surface area contributed by atoms with Crippen LogP contribution in [0.25, 0.3) is 0 Å². The second-order valence-electron chi connectivity index (χ2n) is 14.6. The summed E-state index contributed by atoms with van der Waals surface area (Å²) in [6.07, 6.45) is 40.4. The molecule has 0 bridgehead atoms. The maximum Gasteiger partial charge on any atom is 0.324 e. The summed E-state index contributed by atoms with van der Waals surface area (Å²) in [5.74, 6) is -1.31. The molecule has 0 aliphatic carbocycles. The van der Waals surface area contributed by atoms with E-state index in [1.54, 1.807) is 0 Å². The Kier molecular flexibility index (Phi) is 56.7. The van der Waals surface area contributed by atoms with Crippen LogP contribution in [0, 0.1) is 5.41 Å². The van der Waals surface area contributed by atoms with E-state index in [2.05, 4.69) is 13.8 Å². The lowest BCUT2D eigenvalue weighted by Gasteiger charge is -2.23. The molecule has 0 atom stereocenters. The minimum Gasteiger partial charge on any atom is -0.481 e. The van der Waals surface area contributed by atoms with E-state index >= 15 is 0 Å². The van der Waals surface area contributed by atoms with E-state index < -0.39 is 52.4 Å². The van der Waals surface area contributed by atoms with Gasteiger partial charge in [0.2, 0.25) is 0 Å². The van der Waals surface area contributed by atoms with Crippen LogP contribution in [0.3, 0.4) is 0 Å². The standard InChI is InChI=1S/2C18H36O2.C5H12O4.H3O3P/c2*1-2-3-4-5-6-7-8-9-10-11-12-13-14-15-16-17-18(19)20;6-1-5(2-7,3-8)4-9;1-4(2)3/h2*2-17H2,1H3,(H,19,20);6-9H,1-4H2;1-3H. The number of hydrogen-bond donors (Lipinski definition) is 9. The number of aliphatic hydroxyl groups is 4. The van der Waals surface area contributed by atoms with Crippen LogP contribution >= 0.6 is 8.60 Å². The Labute approximate surface area is 326 Å². The summed E-state index contributed by atoms with van der Waals surface area (Å²) in [5, 5.41) is 51.0. The Morgan fingerprint density at radius 3 is 0.623 bits per heavy atom. The average molecular weight is 787 g/mol. The summed E-state index contributed by atoms with van der Waals surface area (Å²) in [4.78, 5) is 42.4. The first-order valence-corrected chi connectivity index (χ1v) is 22.5. The van der Waals surface area contributed by atoms with Gasteiger partial charge in [0.1, 0.15) is 0 Å². The molecule has 0 heterocycles. The average Bonchev–Trinajstić information content (AvgIpc) is 3.13. The van der Waals surface area contributed by atoms with Crippen molar-refractivity contribution in [3.05, 3.63) is 0 Å². The lowest BCUT2D eigenvalue weighted by atomic mass is 9.93. The molecule has 0 saturated heterocycles. The topological polar surface area (TPSA) is 216 Å². The van der Waals surface area contributed by atoms with Crippen molar-refractivity contribution in [3.63, 3.8) is 0 Å². The summed E-state index contributed by atoms with van der Waals surface area (Å²) in [7, 11) is -2.62. The summed E-state index contributed by atoms with van der Waals surface area (Å²) >= 11 is 0. The van der Waals surface area contributed by atoms with Crippen molar-refractivity contribution < 1.29 is 54.9 Å². The quantitative estimate of drug-likeness (QED) is 0.0215. The number of unbranched alkanes of at least 4 members (excludes halogenated alkanes) is 28. The Hall–Kier alpha value is -0.910. The minimum atomic E-state index is -2.62. The highest BCUT2D eigenvalue weighted by molar-refractivity contribution is 7.38. The van der Waals surface area contributed by atoms with Crippen LogP contribution in [0.2, 0.25) is 0 Å². The molecule has 12 heteroatoms. The zero-order valence-electron chi connectivity index (χ0n) is 34.2. The molecule has 0 unspecified atom stereocenters. The smallest absolute Gasteiger partial charge is 0.324 e. The van der Waals surface area contributed by atoms with E-state index in [1.165, 1.54) is 167 Å². The second-order valence-corrected chi connectivity index (χ2v) is 15.1. The van der Waals surface area contributed by atoms with E-state index in [1.807, 2.05) is 0 Å². The summed E-state index contributed by atoms with van der Waals surface area (Å²) in [6.45, 7) is 2.92. The van der Waals surface area contributed by atoms with Crippen LogP contribution in [0.5, 0.6) is 0 Å². The summed E-state index contributed by atoms with van der Waals surface area (Å²) < 4.78 is 0. The lowest BCUT2D eigenvalue weighted by molar-refractivity contribution is -0.138. The summed E-state index contributed by atoms with van der Waals surface area (Å²) in [5.41, 5.74) is -1.11. The van der Waals surface area contributed by atoms with Crippen LogP contribution in [0.15, 0.2) is 0 Å². The molecule has 0 aromatic carbocycles. The number of aliphatic carboxylic acids is 2. The molecule has 0 rings (SSSR count). The second kappa shape index (κ2) is 51.1. The number of aliphatic hydroxyl groups excluding tert-OH is 4. The fourth-order valence-corrected chi connectivity index (χ4v) is 5.60. The van der Waals surface area contributed by atoms with Gasteiger partial charge in [-0.3, -0.25) is 9.59 Å². The van der Waals surface area contributed by atoms with Gasteiger partial charge in [-0.15, -0.1) is 0 Å². The van der Waals surface area contributed by atoms with Gasteiger partial charge in [0.25, 0.3) is 0 Å². The van der Waals surface area contributed by atoms with E-state index in [0.29, 0.717) is 12.8 Å². The van der Waals surface area contributed by atoms with Crippen molar-refractivity contribution in [1.29, 1.82) is 0 Å². The number of hydrogen-bond acceptors (Lipinski definition) is 9. The first kappa shape index (κ1) is 58.8. The molecule has 0 aliphatic rings. The molecule has 0 saturated carbocycles. The lowest BCUT2D eigenvalue weighted by Crippen LogP contribution is -2.37. The van der Waals surface area contributed by atoms with Crippen molar-refractivity contribution in [2.24, 2.45) is 5.41 Å². The van der Waals surface area contributed by atoms with Gasteiger partial charge >= 0.3 is 20.5 Å². The van der Waals surface area contributed by atoms with Crippen LogP contribution in [0.1, 0.15) is 219 Å². The van der Waals surface area contributed by atoms with Crippen molar-refractivity contribution in [2.45, 2.75) is 219 Å². The molecule has 0 aliphatic heterocycles. The molecule has 0 aromatic rings. The Morgan fingerprint density at radius 2 is 0.509 bits per heavy atom. The normalized spacial score (nSPS) is 10.9. The van der Waals surface area contributed by atoms with Gasteiger partial charge in [0.05, 0.1) is 31.8 Å². The highest BCUT2D eigenvalue weighted by Crippen LogP contribution is 2.16. The molecule has 0 radical (unpaired) electrons. The Morgan fingerprint density at radius 1 is 0.358 bits per heavy atom. The number of carbonyl (C=O) groups is 2. The van der Waals surface area contributed by atoms with Crippen LogP contribution in [-0.2, 0) is 9.59 Å². The largest absolute Gasteiger partial charge is 0.481 e. The maximum atomic E-state index is 10.3. The highest BCUT2D eigenvalue weighted by atomic mass is 31.2. The van der Waals surface area contributed by atoms with Gasteiger partial charge in [0, 0.05) is 12.8 Å². The third-order valence-electron chi connectivity index (χ3n) is 9.33. The predicted octanol–water partition coefficient (Wildman–Crippen LogP) is 9.80. The van der Waals surface area contributed by atoms with Crippen molar-refractivity contribution in [1.82, 2.24) is 0 Å². The van der Waals surface area contributed by atoms with E-state index in [0.717, 1.165) is 25.7 Å². The van der Waals surface area contributed by atoms with E-state index in [-0.39, 0.29) is 0 Å². The SMILES string of the molecule is CCCCCCCCCCCCCCCCCC(=O)O.CCCCCCCCCCCCCCCCCC(=O)O.OCC(CO)(CO)CO.OP(O)O. The van der Waals surface area contributed by atoms with E-state index in [4.69, 9.17) is 45.3 Å². The van der Waals surface area contributed by atoms with Gasteiger partial charge in [-0.25, -0.2) is 0 Å². The number of rotatable bonds is 36. The Balaban J connectivity index is -0.000000342. The number of carboxylic acids is 2. The molecule has 53 heavy (non-hydrogen) atoms. The maximum absolute atomic E-state index is 10.3. The first-order chi connectivity index (χ1) is 25.5. The monoisotopic (exact) mass is 787 g/mol. The van der Waals surface area contributed by atoms with E-state index in [9.17, 15) is 9.59 Å². The predicted molar refractivity (Wildman–Crippen MR) is 219 cm³/mol. The van der Waals surface area contributed by atoms with Crippen molar-refractivity contribution >= 4 is 20.5 Å². The van der Waals surface area contributed by atoms with Gasteiger partial charge in [0.15, 0.2) is 0 Å². The zero-order valence-corrected chi connectivity index (χ0v) is 35.1. The molecule has 0 spiro atoms. The molecular weight excluding hydrogens is 699 g/mol. The first-order valence-electron chi connectivity index (χ1n) is 21.3. The molecule has 0 aromatic heterocycles. The third kappa shape index (κ3) is 60.6. The fourth-order valence-electron chi connectivity index (χ4n) is 5.60. The zero-order chi connectivity index (χ0) is 40.7. The fraction of sp³-hybridized carbons (Fsp3) is 0.951. The molecular formula is C41H87O11P. The van der Waals surface area contributed by atoms with Crippen molar-refractivity contribution in [2.75, 3.05) is 26.4 Å². The Bertz CT molecular complexity index is 631. The van der Waals surface area contributed by atoms with Crippen LogP contribution in [0.4, 0.5) is 0 Å². The highest BCUT2D eigenvalue weighted by Gasteiger charge is 2.26.